The normalized spacial score (nSPS) is 10.7. The Labute approximate surface area is 207 Å². The zero-order valence-electron chi connectivity index (χ0n) is 19.1. The molecule has 0 aliphatic heterocycles. The molecule has 2 aromatic carbocycles. The second-order valence-corrected chi connectivity index (χ2v) is 9.52. The van der Waals surface area contributed by atoms with Crippen molar-refractivity contribution in [3.8, 4) is 16.9 Å². The third-order valence-electron chi connectivity index (χ3n) is 5.09. The van der Waals surface area contributed by atoms with Gasteiger partial charge in [-0.25, -0.2) is 4.79 Å². The summed E-state index contributed by atoms with van der Waals surface area (Å²) in [7, 11) is 0. The Balaban J connectivity index is 1.66. The second-order valence-electron chi connectivity index (χ2n) is 7.44. The molecule has 0 fully saturated rings. The van der Waals surface area contributed by atoms with E-state index in [4.69, 9.17) is 9.47 Å². The van der Waals surface area contributed by atoms with Crippen molar-refractivity contribution in [2.45, 2.75) is 40.0 Å². The van der Waals surface area contributed by atoms with Crippen molar-refractivity contribution in [3.63, 3.8) is 0 Å². The molecule has 0 saturated heterocycles. The van der Waals surface area contributed by atoms with Crippen LogP contribution in [0.2, 0.25) is 0 Å². The summed E-state index contributed by atoms with van der Waals surface area (Å²) in [5.74, 6) is 0.170. The highest BCUT2D eigenvalue weighted by Crippen LogP contribution is 2.40. The number of ether oxygens (including phenoxy) is 2. The number of benzene rings is 2. The van der Waals surface area contributed by atoms with Crippen LogP contribution in [0.1, 0.15) is 47.5 Å². The van der Waals surface area contributed by atoms with Crippen molar-refractivity contribution in [3.05, 3.63) is 69.0 Å². The molecule has 0 saturated carbocycles. The summed E-state index contributed by atoms with van der Waals surface area (Å²) in [6, 6.07) is 15.7. The third-order valence-corrected chi connectivity index (χ3v) is 6.73. The first-order valence-corrected chi connectivity index (χ1v) is 12.6. The number of carbonyl (C=O) groups is 2. The molecule has 0 aliphatic carbocycles. The second kappa shape index (κ2) is 12.0. The molecule has 0 spiro atoms. The van der Waals surface area contributed by atoms with Gasteiger partial charge in [0.2, 0.25) is 5.91 Å². The Morgan fingerprint density at radius 1 is 1.09 bits per heavy atom. The van der Waals surface area contributed by atoms with Crippen molar-refractivity contribution in [2.75, 3.05) is 18.5 Å². The van der Waals surface area contributed by atoms with Crippen LogP contribution in [0.3, 0.4) is 0 Å². The van der Waals surface area contributed by atoms with Crippen LogP contribution in [0.5, 0.6) is 5.75 Å². The molecule has 5 nitrogen and oxygen atoms in total. The minimum atomic E-state index is -0.431. The number of nitrogens with one attached hydrogen (secondary N) is 1. The summed E-state index contributed by atoms with van der Waals surface area (Å²) in [5, 5.41) is 3.44. The molecule has 3 rings (SSSR count). The van der Waals surface area contributed by atoms with E-state index in [0.29, 0.717) is 23.6 Å². The molecule has 174 valence electrons. The largest absolute Gasteiger partial charge is 0.492 e. The molecule has 1 amide bonds. The molecule has 1 aromatic heterocycles. The van der Waals surface area contributed by atoms with Crippen molar-refractivity contribution in [2.24, 2.45) is 0 Å². The van der Waals surface area contributed by atoms with Crippen LogP contribution in [-0.4, -0.2) is 25.1 Å². The van der Waals surface area contributed by atoms with Gasteiger partial charge >= 0.3 is 5.97 Å². The molecule has 0 atom stereocenters. The van der Waals surface area contributed by atoms with E-state index in [-0.39, 0.29) is 18.9 Å². The Kier molecular flexibility index (Phi) is 9.09. The fourth-order valence-corrected chi connectivity index (χ4v) is 5.09. The quantitative estimate of drug-likeness (QED) is 0.226. The van der Waals surface area contributed by atoms with Gasteiger partial charge in [0.25, 0.3) is 0 Å². The fraction of sp³-hybridized carbons (Fsp3) is 0.308. The molecule has 33 heavy (non-hydrogen) atoms. The highest BCUT2D eigenvalue weighted by Gasteiger charge is 2.25. The minimum absolute atomic E-state index is 0.162. The van der Waals surface area contributed by atoms with Gasteiger partial charge < -0.3 is 14.8 Å². The zero-order chi connectivity index (χ0) is 23.8. The number of hydrogen-bond acceptors (Lipinski definition) is 5. The fourth-order valence-electron chi connectivity index (χ4n) is 3.47. The summed E-state index contributed by atoms with van der Waals surface area (Å²) in [6.45, 7) is 6.50. The van der Waals surface area contributed by atoms with Gasteiger partial charge in [-0.2, -0.15) is 0 Å². The number of esters is 1. The smallest absolute Gasteiger partial charge is 0.341 e. The highest BCUT2D eigenvalue weighted by atomic mass is 79.9. The highest BCUT2D eigenvalue weighted by molar-refractivity contribution is 9.10. The predicted octanol–water partition coefficient (Wildman–Crippen LogP) is 7.02. The van der Waals surface area contributed by atoms with Gasteiger partial charge in [0.1, 0.15) is 16.3 Å². The third kappa shape index (κ3) is 6.45. The van der Waals surface area contributed by atoms with E-state index >= 15 is 0 Å². The van der Waals surface area contributed by atoms with E-state index in [1.807, 2.05) is 55.5 Å². The van der Waals surface area contributed by atoms with E-state index in [2.05, 4.69) is 28.2 Å². The lowest BCUT2D eigenvalue weighted by atomic mass is 10.0. The number of halogens is 1. The first-order chi connectivity index (χ1) is 15.9. The zero-order valence-corrected chi connectivity index (χ0v) is 21.5. The lowest BCUT2D eigenvalue weighted by molar-refractivity contribution is -0.116. The molecule has 3 aromatic rings. The Morgan fingerprint density at radius 2 is 1.85 bits per heavy atom. The summed E-state index contributed by atoms with van der Waals surface area (Å²) < 4.78 is 12.0. The van der Waals surface area contributed by atoms with Gasteiger partial charge in [-0.3, -0.25) is 4.79 Å². The monoisotopic (exact) mass is 529 g/mol. The number of aryl methyl sites for hydroxylation is 2. The SMILES string of the molecule is CCOC(=O)c1c(NC(=O)CCCOc2ccc(CC)cc2Br)sc(C)c1-c1ccccc1. The molecule has 7 heteroatoms. The van der Waals surface area contributed by atoms with Crippen LogP contribution in [0.4, 0.5) is 5.00 Å². The van der Waals surface area contributed by atoms with Gasteiger partial charge in [0, 0.05) is 16.9 Å². The van der Waals surface area contributed by atoms with Crippen LogP contribution in [0.25, 0.3) is 11.1 Å². The first kappa shape index (κ1) is 25.0. The van der Waals surface area contributed by atoms with Crippen LogP contribution in [-0.2, 0) is 16.0 Å². The molecule has 0 aliphatic rings. The average Bonchev–Trinajstić information content (AvgIpc) is 3.13. The predicted molar refractivity (Wildman–Crippen MR) is 137 cm³/mol. The van der Waals surface area contributed by atoms with E-state index in [0.717, 1.165) is 32.6 Å². The number of thiophene rings is 1. The van der Waals surface area contributed by atoms with Crippen molar-refractivity contribution in [1.82, 2.24) is 0 Å². The van der Waals surface area contributed by atoms with Gasteiger partial charge in [0.05, 0.1) is 17.7 Å². The summed E-state index contributed by atoms with van der Waals surface area (Å²) in [4.78, 5) is 26.3. The Bertz CT molecular complexity index is 1110. The number of anilines is 1. The number of hydrogen-bond donors (Lipinski definition) is 1. The number of amides is 1. The van der Waals surface area contributed by atoms with Gasteiger partial charge in [-0.05, 0) is 65.9 Å². The van der Waals surface area contributed by atoms with Crippen LogP contribution in [0.15, 0.2) is 53.0 Å². The molecule has 1 heterocycles. The first-order valence-electron chi connectivity index (χ1n) is 11.0. The summed E-state index contributed by atoms with van der Waals surface area (Å²) in [6.07, 6.45) is 1.80. The van der Waals surface area contributed by atoms with Crippen LogP contribution < -0.4 is 10.1 Å². The molecular formula is C26H28BrNO4S. The maximum atomic E-state index is 12.8. The van der Waals surface area contributed by atoms with Crippen molar-refractivity contribution < 1.29 is 19.1 Å². The molecule has 1 N–H and O–H groups in total. The van der Waals surface area contributed by atoms with E-state index in [1.54, 1.807) is 6.92 Å². The van der Waals surface area contributed by atoms with E-state index < -0.39 is 5.97 Å². The number of carbonyl (C=O) groups excluding carboxylic acids is 2. The Morgan fingerprint density at radius 3 is 2.52 bits per heavy atom. The van der Waals surface area contributed by atoms with Crippen LogP contribution in [0, 0.1) is 6.92 Å². The molecule has 0 unspecified atom stereocenters. The van der Waals surface area contributed by atoms with E-state index in [9.17, 15) is 9.59 Å². The maximum absolute atomic E-state index is 12.8. The van der Waals surface area contributed by atoms with Gasteiger partial charge in [-0.1, -0.05) is 43.3 Å². The minimum Gasteiger partial charge on any atom is -0.492 e. The average molecular weight is 530 g/mol. The van der Waals surface area contributed by atoms with Crippen LogP contribution >= 0.6 is 27.3 Å². The molecule has 0 bridgehead atoms. The summed E-state index contributed by atoms with van der Waals surface area (Å²) in [5.41, 5.74) is 3.36. The van der Waals surface area contributed by atoms with Crippen molar-refractivity contribution >= 4 is 44.1 Å². The maximum Gasteiger partial charge on any atom is 0.341 e. The molecular weight excluding hydrogens is 502 g/mol. The number of rotatable bonds is 10. The lowest BCUT2D eigenvalue weighted by Crippen LogP contribution is -2.15. The summed E-state index contributed by atoms with van der Waals surface area (Å²) >= 11 is 4.92. The van der Waals surface area contributed by atoms with E-state index in [1.165, 1.54) is 16.9 Å². The topological polar surface area (TPSA) is 64.6 Å². The van der Waals surface area contributed by atoms with Gasteiger partial charge in [0.15, 0.2) is 0 Å². The van der Waals surface area contributed by atoms with Crippen molar-refractivity contribution in [1.29, 1.82) is 0 Å². The standard InChI is InChI=1S/C26H28BrNO4S/c1-4-18-13-14-21(20(27)16-18)32-15-9-12-22(29)28-25-24(26(30)31-5-2)23(17(3)33-25)19-10-7-6-8-11-19/h6-8,10-11,13-14,16H,4-5,9,12,15H2,1-3H3,(H,28,29). The van der Waals surface area contributed by atoms with Gasteiger partial charge in [-0.15, -0.1) is 11.3 Å². The Hall–Kier alpha value is -2.64. The molecule has 0 radical (unpaired) electrons. The lowest BCUT2D eigenvalue weighted by Gasteiger charge is -2.10.